The third kappa shape index (κ3) is 2.80. The lowest BCUT2D eigenvalue weighted by molar-refractivity contribution is -0.119. The number of primary amides is 1. The van der Waals surface area contributed by atoms with Gasteiger partial charge in [0, 0.05) is 0 Å². The minimum atomic E-state index is -3.69. The Morgan fingerprint density at radius 1 is 1.31 bits per heavy atom. The minimum Gasteiger partial charge on any atom is -0.369 e. The minimum absolute atomic E-state index is 0.0237. The van der Waals surface area contributed by atoms with Crippen molar-refractivity contribution in [2.75, 3.05) is 0 Å². The largest absolute Gasteiger partial charge is 0.369 e. The molecule has 0 aliphatic rings. The summed E-state index contributed by atoms with van der Waals surface area (Å²) in [7, 11) is -3.69. The van der Waals surface area contributed by atoms with Crippen LogP contribution in [0.1, 0.15) is 24.8 Å². The van der Waals surface area contributed by atoms with Gasteiger partial charge in [0.2, 0.25) is 15.9 Å². The molecule has 1 unspecified atom stereocenters. The molecule has 0 aliphatic carbocycles. The summed E-state index contributed by atoms with van der Waals surface area (Å²) >= 11 is 0. The van der Waals surface area contributed by atoms with E-state index in [1.807, 2.05) is 6.92 Å². The van der Waals surface area contributed by atoms with Crippen LogP contribution in [0.15, 0.2) is 29.2 Å². The topological polar surface area (TPSA) is 103 Å². The summed E-state index contributed by atoms with van der Waals surface area (Å²) in [6.45, 7) is 1.84. The van der Waals surface area contributed by atoms with Crippen molar-refractivity contribution in [3.05, 3.63) is 29.8 Å². The molecule has 1 atom stereocenters. The van der Waals surface area contributed by atoms with E-state index < -0.39 is 21.8 Å². The Morgan fingerprint density at radius 3 is 2.12 bits per heavy atom. The fraction of sp³-hybridized carbons (Fsp3) is 0.300. The third-order valence-electron chi connectivity index (χ3n) is 2.36. The Kier molecular flexibility index (Phi) is 3.66. The Bertz CT molecular complexity index is 479. The fourth-order valence-electron chi connectivity index (χ4n) is 1.49. The standard InChI is InChI=1S/C10H14N2O3S/c1-2-9(10(11)13)7-3-5-8(6-4-7)16(12,14)15/h3-6,9H,2H2,1H3,(H2,11,13)(H2,12,14,15). The highest BCUT2D eigenvalue weighted by molar-refractivity contribution is 7.89. The molecule has 1 aromatic carbocycles. The van der Waals surface area contributed by atoms with Crippen LogP contribution in [0.5, 0.6) is 0 Å². The molecule has 0 heterocycles. The van der Waals surface area contributed by atoms with Gasteiger partial charge in [-0.15, -0.1) is 0 Å². The van der Waals surface area contributed by atoms with E-state index >= 15 is 0 Å². The Labute approximate surface area is 94.5 Å². The summed E-state index contributed by atoms with van der Waals surface area (Å²) in [6.07, 6.45) is 0.573. The first-order valence-electron chi connectivity index (χ1n) is 4.78. The molecule has 0 aromatic heterocycles. The number of carbonyl (C=O) groups is 1. The van der Waals surface area contributed by atoms with Gasteiger partial charge in [0.05, 0.1) is 10.8 Å². The number of primary sulfonamides is 1. The molecular weight excluding hydrogens is 228 g/mol. The van der Waals surface area contributed by atoms with Crippen LogP contribution in [0.25, 0.3) is 0 Å². The number of benzene rings is 1. The van der Waals surface area contributed by atoms with Gasteiger partial charge in [-0.2, -0.15) is 0 Å². The predicted octanol–water partition coefficient (Wildman–Crippen LogP) is 0.313. The second-order valence-corrected chi connectivity index (χ2v) is 5.04. The summed E-state index contributed by atoms with van der Waals surface area (Å²) in [4.78, 5) is 11.1. The number of nitrogens with two attached hydrogens (primary N) is 2. The zero-order chi connectivity index (χ0) is 12.3. The van der Waals surface area contributed by atoms with Gasteiger partial charge in [-0.25, -0.2) is 13.6 Å². The van der Waals surface area contributed by atoms with E-state index in [1.165, 1.54) is 12.1 Å². The van der Waals surface area contributed by atoms with Gasteiger partial charge in [0.1, 0.15) is 0 Å². The molecule has 0 radical (unpaired) electrons. The molecule has 88 valence electrons. The smallest absolute Gasteiger partial charge is 0.238 e. The first-order valence-corrected chi connectivity index (χ1v) is 6.33. The molecular formula is C10H14N2O3S. The molecule has 6 heteroatoms. The second kappa shape index (κ2) is 4.63. The molecule has 0 fully saturated rings. The maximum Gasteiger partial charge on any atom is 0.238 e. The van der Waals surface area contributed by atoms with E-state index in [4.69, 9.17) is 10.9 Å². The van der Waals surface area contributed by atoms with Crippen LogP contribution < -0.4 is 10.9 Å². The van der Waals surface area contributed by atoms with Gasteiger partial charge in [0.25, 0.3) is 0 Å². The van der Waals surface area contributed by atoms with E-state index in [0.717, 1.165) is 0 Å². The lowest BCUT2D eigenvalue weighted by Gasteiger charge is -2.11. The van der Waals surface area contributed by atoms with Gasteiger partial charge < -0.3 is 5.73 Å². The van der Waals surface area contributed by atoms with Crippen molar-refractivity contribution < 1.29 is 13.2 Å². The zero-order valence-electron chi connectivity index (χ0n) is 8.88. The Morgan fingerprint density at radius 2 is 1.81 bits per heavy atom. The highest BCUT2D eigenvalue weighted by atomic mass is 32.2. The SMILES string of the molecule is CCC(C(N)=O)c1ccc(S(N)(=O)=O)cc1. The van der Waals surface area contributed by atoms with Crippen molar-refractivity contribution in [2.24, 2.45) is 10.9 Å². The fourth-order valence-corrected chi connectivity index (χ4v) is 2.01. The van der Waals surface area contributed by atoms with E-state index in [0.29, 0.717) is 12.0 Å². The molecule has 0 bridgehead atoms. The quantitative estimate of drug-likeness (QED) is 0.794. The van der Waals surface area contributed by atoms with Gasteiger partial charge in [-0.3, -0.25) is 4.79 Å². The monoisotopic (exact) mass is 242 g/mol. The highest BCUT2D eigenvalue weighted by Crippen LogP contribution is 2.20. The van der Waals surface area contributed by atoms with Crippen LogP contribution in [0, 0.1) is 0 Å². The molecule has 1 rings (SSSR count). The van der Waals surface area contributed by atoms with Gasteiger partial charge in [-0.1, -0.05) is 19.1 Å². The predicted molar refractivity (Wildman–Crippen MR) is 60.0 cm³/mol. The third-order valence-corrected chi connectivity index (χ3v) is 3.29. The number of hydrogen-bond acceptors (Lipinski definition) is 3. The molecule has 4 N–H and O–H groups in total. The second-order valence-electron chi connectivity index (χ2n) is 3.48. The lowest BCUT2D eigenvalue weighted by atomic mass is 9.96. The highest BCUT2D eigenvalue weighted by Gasteiger charge is 2.16. The van der Waals surface area contributed by atoms with Crippen LogP contribution in [0.2, 0.25) is 0 Å². The average Bonchev–Trinajstić information content (AvgIpc) is 2.17. The number of hydrogen-bond donors (Lipinski definition) is 2. The summed E-state index contributed by atoms with van der Waals surface area (Å²) in [6, 6.07) is 5.85. The first-order chi connectivity index (χ1) is 7.36. The van der Waals surface area contributed by atoms with Crippen LogP contribution >= 0.6 is 0 Å². The van der Waals surface area contributed by atoms with E-state index in [-0.39, 0.29) is 4.90 Å². The number of sulfonamides is 1. The van der Waals surface area contributed by atoms with Crippen molar-refractivity contribution in [2.45, 2.75) is 24.2 Å². The van der Waals surface area contributed by atoms with Crippen LogP contribution in [-0.4, -0.2) is 14.3 Å². The molecule has 1 aromatic rings. The van der Waals surface area contributed by atoms with Crippen molar-refractivity contribution in [3.63, 3.8) is 0 Å². The summed E-state index contributed by atoms with van der Waals surface area (Å²) in [5, 5.41) is 4.96. The lowest BCUT2D eigenvalue weighted by Crippen LogP contribution is -2.21. The Hall–Kier alpha value is -1.40. The van der Waals surface area contributed by atoms with E-state index in [1.54, 1.807) is 12.1 Å². The molecule has 0 saturated heterocycles. The molecule has 16 heavy (non-hydrogen) atoms. The van der Waals surface area contributed by atoms with Gasteiger partial charge in [0.15, 0.2) is 0 Å². The normalized spacial score (nSPS) is 13.4. The zero-order valence-corrected chi connectivity index (χ0v) is 9.70. The molecule has 0 saturated carbocycles. The first kappa shape index (κ1) is 12.7. The average molecular weight is 242 g/mol. The summed E-state index contributed by atoms with van der Waals surface area (Å²) < 4.78 is 22.0. The van der Waals surface area contributed by atoms with E-state index in [2.05, 4.69) is 0 Å². The van der Waals surface area contributed by atoms with E-state index in [9.17, 15) is 13.2 Å². The molecule has 1 amide bonds. The molecule has 5 nitrogen and oxygen atoms in total. The van der Waals surface area contributed by atoms with Gasteiger partial charge >= 0.3 is 0 Å². The number of rotatable bonds is 4. The van der Waals surface area contributed by atoms with Crippen molar-refractivity contribution in [1.29, 1.82) is 0 Å². The van der Waals surface area contributed by atoms with Crippen molar-refractivity contribution >= 4 is 15.9 Å². The van der Waals surface area contributed by atoms with Gasteiger partial charge in [-0.05, 0) is 24.1 Å². The van der Waals surface area contributed by atoms with Crippen molar-refractivity contribution in [3.8, 4) is 0 Å². The maximum atomic E-state index is 11.1. The summed E-state index contributed by atoms with van der Waals surface area (Å²) in [5.74, 6) is -0.819. The molecule has 0 aliphatic heterocycles. The maximum absolute atomic E-state index is 11.1. The van der Waals surface area contributed by atoms with Crippen LogP contribution in [-0.2, 0) is 14.8 Å². The van der Waals surface area contributed by atoms with Crippen molar-refractivity contribution in [1.82, 2.24) is 0 Å². The number of amides is 1. The summed E-state index contributed by atoms with van der Waals surface area (Å²) in [5.41, 5.74) is 5.92. The molecule has 0 spiro atoms. The Balaban J connectivity index is 3.08. The number of carbonyl (C=O) groups excluding carboxylic acids is 1. The van der Waals surface area contributed by atoms with Crippen LogP contribution in [0.4, 0.5) is 0 Å². The van der Waals surface area contributed by atoms with Crippen LogP contribution in [0.3, 0.4) is 0 Å².